The predicted molar refractivity (Wildman–Crippen MR) is 118 cm³/mol. The van der Waals surface area contributed by atoms with Crippen LogP contribution in [0, 0.1) is 16.7 Å². The van der Waals surface area contributed by atoms with E-state index in [1.54, 1.807) is 7.05 Å². The molecule has 2 aromatic rings. The Hall–Kier alpha value is -2.62. The molecule has 2 saturated carbocycles. The summed E-state index contributed by atoms with van der Waals surface area (Å²) in [7, 11) is 1.71. The Labute approximate surface area is 178 Å². The first-order valence-electron chi connectivity index (χ1n) is 11.2. The van der Waals surface area contributed by atoms with Crippen LogP contribution in [0.1, 0.15) is 37.7 Å². The van der Waals surface area contributed by atoms with Crippen LogP contribution in [0.25, 0.3) is 11.1 Å². The van der Waals surface area contributed by atoms with E-state index < -0.39 is 5.41 Å². The first-order valence-corrected chi connectivity index (χ1v) is 11.2. The van der Waals surface area contributed by atoms with Crippen LogP contribution >= 0.6 is 0 Å². The lowest BCUT2D eigenvalue weighted by atomic mass is 9.78. The zero-order valence-electron chi connectivity index (χ0n) is 17.7. The molecule has 4 nitrogen and oxygen atoms in total. The fraction of sp³-hybridized carbons (Fsp3) is 0.462. The molecule has 1 aliphatic heterocycles. The number of nitrogens with one attached hydrogen (secondary N) is 1. The van der Waals surface area contributed by atoms with Gasteiger partial charge in [-0.3, -0.25) is 9.59 Å². The molecular weight excluding hydrogens is 372 g/mol. The zero-order valence-corrected chi connectivity index (χ0v) is 17.7. The lowest BCUT2D eigenvalue weighted by Crippen LogP contribution is -2.44. The van der Waals surface area contributed by atoms with Gasteiger partial charge in [0.25, 0.3) is 0 Å². The fourth-order valence-electron chi connectivity index (χ4n) is 5.77. The van der Waals surface area contributed by atoms with Gasteiger partial charge in [-0.05, 0) is 54.2 Å². The highest BCUT2D eigenvalue weighted by Crippen LogP contribution is 2.66. The molecule has 2 aliphatic carbocycles. The summed E-state index contributed by atoms with van der Waals surface area (Å²) >= 11 is 0. The van der Waals surface area contributed by atoms with Gasteiger partial charge >= 0.3 is 0 Å². The molecule has 0 aromatic heterocycles. The van der Waals surface area contributed by atoms with Crippen molar-refractivity contribution in [3.8, 4) is 11.1 Å². The summed E-state index contributed by atoms with van der Waals surface area (Å²) in [5, 5.41) is 2.89. The second-order valence-corrected chi connectivity index (χ2v) is 9.54. The summed E-state index contributed by atoms with van der Waals surface area (Å²) < 4.78 is 0. The Balaban J connectivity index is 1.40. The quantitative estimate of drug-likeness (QED) is 0.820. The summed E-state index contributed by atoms with van der Waals surface area (Å²) in [4.78, 5) is 28.2. The van der Waals surface area contributed by atoms with E-state index >= 15 is 0 Å². The minimum Gasteiger partial charge on any atom is -0.359 e. The minimum absolute atomic E-state index is 0.0508. The van der Waals surface area contributed by atoms with Crippen molar-refractivity contribution in [1.29, 1.82) is 0 Å². The molecule has 2 amide bonds. The third kappa shape index (κ3) is 3.13. The Morgan fingerprint density at radius 3 is 2.43 bits per heavy atom. The number of likely N-dealkylation sites (tertiary alicyclic amines) is 1. The number of hydrogen-bond acceptors (Lipinski definition) is 2. The first-order chi connectivity index (χ1) is 14.6. The van der Waals surface area contributed by atoms with Crippen LogP contribution in [-0.2, 0) is 16.0 Å². The first kappa shape index (κ1) is 19.3. The highest BCUT2D eigenvalue weighted by Gasteiger charge is 2.62. The SMILES string of the molecule is CNC(=O)[C@@]1(Cc2ccccc2-c2ccccc2)CCN(C(=O)[C@H]2CC23CCC3)C1. The molecule has 0 unspecified atom stereocenters. The molecule has 2 aromatic carbocycles. The van der Waals surface area contributed by atoms with Crippen LogP contribution in [0.3, 0.4) is 0 Å². The number of hydrogen-bond donors (Lipinski definition) is 1. The van der Waals surface area contributed by atoms with E-state index in [4.69, 9.17) is 0 Å². The van der Waals surface area contributed by atoms with Gasteiger partial charge in [0.1, 0.15) is 0 Å². The molecule has 1 saturated heterocycles. The van der Waals surface area contributed by atoms with Gasteiger partial charge in [0, 0.05) is 26.1 Å². The summed E-state index contributed by atoms with van der Waals surface area (Å²) in [5.41, 5.74) is 3.27. The van der Waals surface area contributed by atoms with Gasteiger partial charge in [0.15, 0.2) is 0 Å². The Morgan fingerprint density at radius 1 is 1.03 bits per heavy atom. The average Bonchev–Trinajstić information content (AvgIpc) is 3.41. The van der Waals surface area contributed by atoms with Gasteiger partial charge in [-0.1, -0.05) is 61.0 Å². The van der Waals surface area contributed by atoms with Crippen LogP contribution in [0.2, 0.25) is 0 Å². The summed E-state index contributed by atoms with van der Waals surface area (Å²) in [5.74, 6) is 0.551. The molecule has 5 rings (SSSR count). The Kier molecular flexibility index (Phi) is 4.68. The number of carbonyl (C=O) groups is 2. The smallest absolute Gasteiger partial charge is 0.228 e. The summed E-state index contributed by atoms with van der Waals surface area (Å²) in [6.45, 7) is 1.22. The molecule has 0 bridgehead atoms. The van der Waals surface area contributed by atoms with Crippen molar-refractivity contribution in [1.82, 2.24) is 10.2 Å². The molecule has 1 N–H and O–H groups in total. The lowest BCUT2D eigenvalue weighted by molar-refractivity contribution is -0.134. The normalized spacial score (nSPS) is 26.3. The summed E-state index contributed by atoms with van der Waals surface area (Å²) in [6, 6.07) is 18.7. The molecule has 2 atom stereocenters. The van der Waals surface area contributed by atoms with Crippen LogP contribution in [-0.4, -0.2) is 36.9 Å². The number of rotatable bonds is 5. The minimum atomic E-state index is -0.559. The predicted octanol–water partition coefficient (Wildman–Crippen LogP) is 4.05. The van der Waals surface area contributed by atoms with E-state index in [1.807, 2.05) is 35.2 Å². The molecule has 3 aliphatic rings. The Bertz CT molecular complexity index is 966. The second kappa shape index (κ2) is 7.26. The molecule has 156 valence electrons. The zero-order chi connectivity index (χ0) is 20.8. The van der Waals surface area contributed by atoms with Crippen molar-refractivity contribution in [3.05, 3.63) is 60.2 Å². The van der Waals surface area contributed by atoms with Gasteiger partial charge < -0.3 is 10.2 Å². The van der Waals surface area contributed by atoms with E-state index in [1.165, 1.54) is 30.4 Å². The van der Waals surface area contributed by atoms with Gasteiger partial charge in [-0.2, -0.15) is 0 Å². The maximum Gasteiger partial charge on any atom is 0.228 e. The third-order valence-corrected chi connectivity index (χ3v) is 7.84. The van der Waals surface area contributed by atoms with Crippen LogP contribution in [0.4, 0.5) is 0 Å². The molecule has 0 radical (unpaired) electrons. The van der Waals surface area contributed by atoms with Crippen LogP contribution in [0.15, 0.2) is 54.6 Å². The van der Waals surface area contributed by atoms with E-state index in [9.17, 15) is 9.59 Å². The summed E-state index contributed by atoms with van der Waals surface area (Å²) in [6.07, 6.45) is 6.12. The maximum atomic E-state index is 13.1. The number of amides is 2. The van der Waals surface area contributed by atoms with Crippen LogP contribution < -0.4 is 5.32 Å². The monoisotopic (exact) mass is 402 g/mol. The highest BCUT2D eigenvalue weighted by atomic mass is 16.2. The van der Waals surface area contributed by atoms with Crippen molar-refractivity contribution in [2.45, 2.75) is 38.5 Å². The number of nitrogens with zero attached hydrogens (tertiary/aromatic N) is 1. The van der Waals surface area contributed by atoms with Crippen LogP contribution in [0.5, 0.6) is 0 Å². The molecule has 1 spiro atoms. The van der Waals surface area contributed by atoms with Crippen molar-refractivity contribution < 1.29 is 9.59 Å². The molecule has 3 fully saturated rings. The van der Waals surface area contributed by atoms with Crippen molar-refractivity contribution in [2.75, 3.05) is 20.1 Å². The molecule has 1 heterocycles. The van der Waals surface area contributed by atoms with Gasteiger partial charge in [-0.25, -0.2) is 0 Å². The number of benzene rings is 2. The fourth-order valence-corrected chi connectivity index (χ4v) is 5.77. The molecule has 4 heteroatoms. The number of carbonyl (C=O) groups excluding carboxylic acids is 2. The van der Waals surface area contributed by atoms with Gasteiger partial charge in [0.2, 0.25) is 11.8 Å². The van der Waals surface area contributed by atoms with Gasteiger partial charge in [0.05, 0.1) is 5.41 Å². The lowest BCUT2D eigenvalue weighted by Gasteiger charge is -2.30. The van der Waals surface area contributed by atoms with Crippen molar-refractivity contribution in [3.63, 3.8) is 0 Å². The van der Waals surface area contributed by atoms with Crippen molar-refractivity contribution in [2.24, 2.45) is 16.7 Å². The van der Waals surface area contributed by atoms with E-state index in [2.05, 4.69) is 29.6 Å². The molecular formula is C26H30N2O2. The average molecular weight is 403 g/mol. The highest BCUT2D eigenvalue weighted by molar-refractivity contribution is 5.88. The largest absolute Gasteiger partial charge is 0.359 e. The topological polar surface area (TPSA) is 49.4 Å². The van der Waals surface area contributed by atoms with E-state index in [0.717, 1.165) is 18.4 Å². The third-order valence-electron chi connectivity index (χ3n) is 7.84. The van der Waals surface area contributed by atoms with Crippen molar-refractivity contribution >= 4 is 11.8 Å². The molecule has 30 heavy (non-hydrogen) atoms. The van der Waals surface area contributed by atoms with E-state index in [-0.39, 0.29) is 17.7 Å². The standard InChI is InChI=1S/C26H30N2O2/c1-27-24(30)26(14-15-28(18-26)23(29)22-17-25(22)12-7-13-25)16-20-10-5-6-11-21(20)19-8-3-2-4-9-19/h2-6,8-11,22H,7,12-18H2,1H3,(H,27,30)/t22-,26-/m1/s1. The Morgan fingerprint density at radius 2 is 1.77 bits per heavy atom. The van der Waals surface area contributed by atoms with Gasteiger partial charge in [-0.15, -0.1) is 0 Å². The van der Waals surface area contributed by atoms with E-state index in [0.29, 0.717) is 24.9 Å². The second-order valence-electron chi connectivity index (χ2n) is 9.54. The maximum absolute atomic E-state index is 13.1.